The molecule has 0 amide bonds. The van der Waals surface area contributed by atoms with Crippen LogP contribution in [0.2, 0.25) is 0 Å². The molecule has 0 bridgehead atoms. The lowest BCUT2D eigenvalue weighted by Gasteiger charge is -2.10. The quantitative estimate of drug-likeness (QED) is 0.845. The van der Waals surface area contributed by atoms with Crippen LogP contribution in [-0.2, 0) is 0 Å². The van der Waals surface area contributed by atoms with Crippen molar-refractivity contribution in [1.29, 1.82) is 0 Å². The van der Waals surface area contributed by atoms with Crippen LogP contribution >= 0.6 is 0 Å². The zero-order valence-electron chi connectivity index (χ0n) is 10.1. The fourth-order valence-electron chi connectivity index (χ4n) is 1.80. The molecule has 1 atom stereocenters. The number of benzene rings is 2. The van der Waals surface area contributed by atoms with Crippen molar-refractivity contribution in [2.24, 2.45) is 11.5 Å². The van der Waals surface area contributed by atoms with E-state index in [0.29, 0.717) is 6.54 Å². The van der Waals surface area contributed by atoms with E-state index in [0.717, 1.165) is 5.56 Å². The van der Waals surface area contributed by atoms with Gasteiger partial charge in [0.15, 0.2) is 0 Å². The van der Waals surface area contributed by atoms with Gasteiger partial charge in [-0.25, -0.2) is 0 Å². The van der Waals surface area contributed by atoms with Gasteiger partial charge in [0.1, 0.15) is 0 Å². The summed E-state index contributed by atoms with van der Waals surface area (Å²) >= 11 is 0. The van der Waals surface area contributed by atoms with Crippen molar-refractivity contribution in [1.82, 2.24) is 0 Å². The number of rotatable bonds is 3. The third-order valence-electron chi connectivity index (χ3n) is 2.98. The van der Waals surface area contributed by atoms with E-state index in [1.165, 1.54) is 16.7 Å². The molecule has 2 heteroatoms. The number of hydrogen-bond donors (Lipinski definition) is 2. The lowest BCUT2D eigenvalue weighted by molar-refractivity contribution is 0.737. The van der Waals surface area contributed by atoms with Gasteiger partial charge in [0.25, 0.3) is 0 Å². The summed E-state index contributed by atoms with van der Waals surface area (Å²) in [5.41, 5.74) is 16.2. The van der Waals surface area contributed by atoms with E-state index in [-0.39, 0.29) is 6.04 Å². The summed E-state index contributed by atoms with van der Waals surface area (Å²) in [6, 6.07) is 16.7. The van der Waals surface area contributed by atoms with Crippen molar-refractivity contribution in [3.05, 3.63) is 59.7 Å². The molecular formula is C15H18N2. The third-order valence-corrected chi connectivity index (χ3v) is 2.98. The Morgan fingerprint density at radius 1 is 0.882 bits per heavy atom. The standard InChI is InChI=1S/C15H18N2/c1-11-2-4-12(5-3-11)13-6-8-14(9-7-13)15(17)10-16/h2-9,15H,10,16-17H2,1H3. The predicted octanol–water partition coefficient (Wildman–Crippen LogP) is 2.62. The van der Waals surface area contributed by atoms with Gasteiger partial charge in [-0.2, -0.15) is 0 Å². The highest BCUT2D eigenvalue weighted by molar-refractivity contribution is 5.64. The smallest absolute Gasteiger partial charge is 0.0419 e. The van der Waals surface area contributed by atoms with E-state index in [1.54, 1.807) is 0 Å². The topological polar surface area (TPSA) is 52.0 Å². The molecule has 2 aromatic carbocycles. The first-order chi connectivity index (χ1) is 8.20. The Morgan fingerprint density at radius 2 is 1.35 bits per heavy atom. The van der Waals surface area contributed by atoms with Crippen LogP contribution in [0.4, 0.5) is 0 Å². The average Bonchev–Trinajstić information content (AvgIpc) is 2.39. The molecule has 0 aliphatic heterocycles. The first-order valence-electron chi connectivity index (χ1n) is 5.83. The van der Waals surface area contributed by atoms with Crippen LogP contribution in [0.5, 0.6) is 0 Å². The van der Waals surface area contributed by atoms with Crippen molar-refractivity contribution in [3.63, 3.8) is 0 Å². The van der Waals surface area contributed by atoms with E-state index in [2.05, 4.69) is 43.3 Å². The zero-order valence-corrected chi connectivity index (χ0v) is 10.1. The highest BCUT2D eigenvalue weighted by atomic mass is 14.7. The Hall–Kier alpha value is -1.64. The largest absolute Gasteiger partial charge is 0.329 e. The van der Waals surface area contributed by atoms with Crippen molar-refractivity contribution < 1.29 is 0 Å². The van der Waals surface area contributed by atoms with Gasteiger partial charge >= 0.3 is 0 Å². The molecule has 0 fully saturated rings. The van der Waals surface area contributed by atoms with Gasteiger partial charge in [0.2, 0.25) is 0 Å². The fourth-order valence-corrected chi connectivity index (χ4v) is 1.80. The summed E-state index contributed by atoms with van der Waals surface area (Å²) in [6.45, 7) is 2.57. The highest BCUT2D eigenvalue weighted by Crippen LogP contribution is 2.21. The average molecular weight is 226 g/mol. The van der Waals surface area contributed by atoms with Crippen molar-refractivity contribution in [2.45, 2.75) is 13.0 Å². The number of hydrogen-bond acceptors (Lipinski definition) is 2. The van der Waals surface area contributed by atoms with Crippen molar-refractivity contribution >= 4 is 0 Å². The second kappa shape index (κ2) is 5.13. The van der Waals surface area contributed by atoms with E-state index < -0.39 is 0 Å². The maximum atomic E-state index is 5.88. The molecular weight excluding hydrogens is 208 g/mol. The second-order valence-electron chi connectivity index (χ2n) is 4.33. The van der Waals surface area contributed by atoms with Gasteiger partial charge in [0, 0.05) is 12.6 Å². The van der Waals surface area contributed by atoms with E-state index in [9.17, 15) is 0 Å². The summed E-state index contributed by atoms with van der Waals surface area (Å²) in [6.07, 6.45) is 0. The van der Waals surface area contributed by atoms with Gasteiger partial charge in [-0.1, -0.05) is 54.1 Å². The number of aryl methyl sites for hydroxylation is 1. The van der Waals surface area contributed by atoms with Gasteiger partial charge in [-0.3, -0.25) is 0 Å². The predicted molar refractivity (Wildman–Crippen MR) is 72.6 cm³/mol. The first kappa shape index (κ1) is 11.8. The van der Waals surface area contributed by atoms with Crippen LogP contribution in [0.15, 0.2) is 48.5 Å². The van der Waals surface area contributed by atoms with Crippen LogP contribution in [-0.4, -0.2) is 6.54 Å². The lowest BCUT2D eigenvalue weighted by atomic mass is 10.0. The van der Waals surface area contributed by atoms with Gasteiger partial charge in [0.05, 0.1) is 0 Å². The molecule has 0 heterocycles. The zero-order chi connectivity index (χ0) is 12.3. The van der Waals surface area contributed by atoms with E-state index in [4.69, 9.17) is 11.5 Å². The van der Waals surface area contributed by atoms with Crippen molar-refractivity contribution in [3.8, 4) is 11.1 Å². The molecule has 4 N–H and O–H groups in total. The van der Waals surface area contributed by atoms with Crippen LogP contribution < -0.4 is 11.5 Å². The van der Waals surface area contributed by atoms with Gasteiger partial charge < -0.3 is 11.5 Å². The molecule has 0 aromatic heterocycles. The molecule has 0 saturated carbocycles. The molecule has 17 heavy (non-hydrogen) atoms. The summed E-state index contributed by atoms with van der Waals surface area (Å²) in [5, 5.41) is 0. The van der Waals surface area contributed by atoms with Crippen LogP contribution in [0.3, 0.4) is 0 Å². The summed E-state index contributed by atoms with van der Waals surface area (Å²) in [5.74, 6) is 0. The van der Waals surface area contributed by atoms with Crippen LogP contribution in [0, 0.1) is 6.92 Å². The Kier molecular flexibility index (Phi) is 3.57. The molecule has 0 saturated heterocycles. The Morgan fingerprint density at radius 3 is 1.82 bits per heavy atom. The molecule has 2 rings (SSSR count). The molecule has 0 aliphatic rings. The molecule has 0 radical (unpaired) electrons. The fraction of sp³-hybridized carbons (Fsp3) is 0.200. The Labute approximate surface area is 102 Å². The van der Waals surface area contributed by atoms with Gasteiger partial charge in [-0.05, 0) is 23.6 Å². The molecule has 2 nitrogen and oxygen atoms in total. The first-order valence-corrected chi connectivity index (χ1v) is 5.83. The summed E-state index contributed by atoms with van der Waals surface area (Å²) in [4.78, 5) is 0. The normalized spacial score (nSPS) is 12.4. The highest BCUT2D eigenvalue weighted by Gasteiger charge is 2.03. The molecule has 1 unspecified atom stereocenters. The molecule has 0 spiro atoms. The Bertz CT molecular complexity index is 471. The minimum atomic E-state index is -0.0675. The second-order valence-corrected chi connectivity index (χ2v) is 4.33. The molecule has 0 aliphatic carbocycles. The monoisotopic (exact) mass is 226 g/mol. The maximum Gasteiger partial charge on any atom is 0.0419 e. The third kappa shape index (κ3) is 2.73. The maximum absolute atomic E-state index is 5.88. The molecule has 88 valence electrons. The summed E-state index contributed by atoms with van der Waals surface area (Å²) in [7, 11) is 0. The molecule has 2 aromatic rings. The Balaban J connectivity index is 2.26. The summed E-state index contributed by atoms with van der Waals surface area (Å²) < 4.78 is 0. The van der Waals surface area contributed by atoms with E-state index in [1.807, 2.05) is 12.1 Å². The SMILES string of the molecule is Cc1ccc(-c2ccc(C(N)CN)cc2)cc1. The van der Waals surface area contributed by atoms with Gasteiger partial charge in [-0.15, -0.1) is 0 Å². The number of nitrogens with two attached hydrogens (primary N) is 2. The van der Waals surface area contributed by atoms with Crippen LogP contribution in [0.1, 0.15) is 17.2 Å². The van der Waals surface area contributed by atoms with Crippen LogP contribution in [0.25, 0.3) is 11.1 Å². The minimum Gasteiger partial charge on any atom is -0.329 e. The van der Waals surface area contributed by atoms with E-state index >= 15 is 0 Å². The van der Waals surface area contributed by atoms with Crippen molar-refractivity contribution in [2.75, 3.05) is 6.54 Å². The minimum absolute atomic E-state index is 0.0675. The lowest BCUT2D eigenvalue weighted by Crippen LogP contribution is -2.20.